The van der Waals surface area contributed by atoms with Crippen LogP contribution in [0.4, 0.5) is 15.3 Å². The zero-order chi connectivity index (χ0) is 33.1. The van der Waals surface area contributed by atoms with E-state index in [9.17, 15) is 19.2 Å². The van der Waals surface area contributed by atoms with Crippen molar-refractivity contribution < 1.29 is 28.7 Å². The van der Waals surface area contributed by atoms with Gasteiger partial charge in [0.25, 0.3) is 5.91 Å². The minimum absolute atomic E-state index is 0.0151. The van der Waals surface area contributed by atoms with Crippen LogP contribution in [0.3, 0.4) is 0 Å². The maximum atomic E-state index is 14.2. The second-order valence-electron chi connectivity index (χ2n) is 13.6. The van der Waals surface area contributed by atoms with Crippen molar-refractivity contribution in [3.05, 3.63) is 59.7 Å². The molecule has 11 heteroatoms. The molecule has 1 spiro atoms. The fourth-order valence-corrected chi connectivity index (χ4v) is 7.80. The molecule has 1 aliphatic carbocycles. The Bertz CT molecular complexity index is 1440. The van der Waals surface area contributed by atoms with Gasteiger partial charge in [-0.15, -0.1) is 11.8 Å². The third kappa shape index (κ3) is 7.62. The van der Waals surface area contributed by atoms with Gasteiger partial charge in [0.05, 0.1) is 16.5 Å². The Hall–Kier alpha value is -3.73. The van der Waals surface area contributed by atoms with Crippen LogP contribution in [0.25, 0.3) is 0 Å². The lowest BCUT2D eigenvalue weighted by atomic mass is 9.82. The van der Waals surface area contributed by atoms with Gasteiger partial charge in [0.2, 0.25) is 5.91 Å². The summed E-state index contributed by atoms with van der Waals surface area (Å²) in [6.45, 7) is 11.1. The highest BCUT2D eigenvalue weighted by molar-refractivity contribution is 8.01. The van der Waals surface area contributed by atoms with Crippen LogP contribution < -0.4 is 10.2 Å². The van der Waals surface area contributed by atoms with E-state index < -0.39 is 16.4 Å². The van der Waals surface area contributed by atoms with Crippen molar-refractivity contribution in [2.45, 2.75) is 101 Å². The van der Waals surface area contributed by atoms with Crippen LogP contribution in [0.5, 0.6) is 0 Å². The summed E-state index contributed by atoms with van der Waals surface area (Å²) >= 11 is 1.59. The lowest BCUT2D eigenvalue weighted by Gasteiger charge is -2.47. The Morgan fingerprint density at radius 3 is 2.48 bits per heavy atom. The number of rotatable bonds is 8. The van der Waals surface area contributed by atoms with E-state index in [2.05, 4.69) is 5.32 Å². The monoisotopic (exact) mass is 650 g/mol. The molecular weight excluding hydrogens is 604 g/mol. The van der Waals surface area contributed by atoms with Crippen LogP contribution in [0, 0.1) is 0 Å². The summed E-state index contributed by atoms with van der Waals surface area (Å²) in [4.78, 5) is 59.5. The van der Waals surface area contributed by atoms with Crippen molar-refractivity contribution in [1.82, 2.24) is 15.1 Å². The number of ether oxygens (including phenoxy) is 2. The van der Waals surface area contributed by atoms with E-state index in [1.165, 1.54) is 0 Å². The molecular formula is C35H46N4O6S. The second-order valence-corrected chi connectivity index (χ2v) is 15.0. The Morgan fingerprint density at radius 1 is 1.09 bits per heavy atom. The number of carbonyl (C=O) groups is 4. The fraction of sp³-hybridized carbons (Fsp3) is 0.543. The summed E-state index contributed by atoms with van der Waals surface area (Å²) in [5, 5.41) is 2.78. The molecule has 1 saturated carbocycles. The van der Waals surface area contributed by atoms with Gasteiger partial charge in [-0.3, -0.25) is 9.59 Å². The van der Waals surface area contributed by atoms with Gasteiger partial charge in [0, 0.05) is 42.7 Å². The molecule has 46 heavy (non-hydrogen) atoms. The molecule has 0 unspecified atom stereocenters. The normalized spacial score (nSPS) is 18.9. The molecule has 3 aliphatic rings. The molecule has 1 atom stereocenters. The first-order chi connectivity index (χ1) is 21.9. The van der Waals surface area contributed by atoms with Crippen LogP contribution in [0.2, 0.25) is 0 Å². The molecule has 0 radical (unpaired) electrons. The highest BCUT2D eigenvalue weighted by Gasteiger charge is 2.51. The maximum absolute atomic E-state index is 14.2. The number of alkyl carbamates (subject to hydrolysis) is 1. The largest absolute Gasteiger partial charge is 0.445 e. The number of piperidine rings is 1. The summed E-state index contributed by atoms with van der Waals surface area (Å²) in [5.41, 5.74) is 1.46. The second kappa shape index (κ2) is 13.9. The van der Waals surface area contributed by atoms with Gasteiger partial charge in [-0.05, 0) is 90.5 Å². The maximum Gasteiger partial charge on any atom is 0.410 e. The molecule has 0 aromatic heterocycles. The summed E-state index contributed by atoms with van der Waals surface area (Å²) in [7, 11) is 0. The number of anilines is 1. The zero-order valence-corrected chi connectivity index (χ0v) is 28.4. The van der Waals surface area contributed by atoms with Crippen molar-refractivity contribution in [1.29, 1.82) is 0 Å². The van der Waals surface area contributed by atoms with Crippen molar-refractivity contribution in [3.8, 4) is 0 Å². The van der Waals surface area contributed by atoms with E-state index in [1.807, 2.05) is 88.0 Å². The molecule has 2 aromatic rings. The summed E-state index contributed by atoms with van der Waals surface area (Å²) in [6.07, 6.45) is 3.23. The van der Waals surface area contributed by atoms with Gasteiger partial charge in [0.15, 0.2) is 0 Å². The number of nitrogens with zero attached hydrogens (tertiary/aromatic N) is 3. The molecule has 248 valence electrons. The first-order valence-corrected chi connectivity index (χ1v) is 17.1. The number of amides is 4. The predicted octanol–water partition coefficient (Wildman–Crippen LogP) is 6.22. The van der Waals surface area contributed by atoms with Gasteiger partial charge < -0.3 is 29.5 Å². The first kappa shape index (κ1) is 33.6. The standard InChI is InChI=1S/C35H46N4O6S/c1-24(2)39(27-13-9-19-37(22-27)33(43)45-34(3,4)5)30(40)26-14-15-29-28(21-26)38(31(41)35(46-29)16-10-17-35)20-18-36-32(42)44-23-25-11-7-6-8-12-25/h6-8,11-12,14-15,21,24,27H,9-10,13,16-20,22-23H2,1-5H3,(H,36,42)/t27-/m1/s1. The first-order valence-electron chi connectivity index (χ1n) is 16.3. The number of hydrogen-bond acceptors (Lipinski definition) is 7. The Morgan fingerprint density at radius 2 is 1.83 bits per heavy atom. The molecule has 0 bridgehead atoms. The number of carbonyl (C=O) groups excluding carboxylic acids is 4. The van der Waals surface area contributed by atoms with Gasteiger partial charge >= 0.3 is 12.2 Å². The van der Waals surface area contributed by atoms with Crippen LogP contribution >= 0.6 is 11.8 Å². The van der Waals surface area contributed by atoms with Crippen molar-refractivity contribution in [3.63, 3.8) is 0 Å². The lowest BCUT2D eigenvalue weighted by molar-refractivity contribution is -0.123. The molecule has 1 saturated heterocycles. The minimum Gasteiger partial charge on any atom is -0.445 e. The Balaban J connectivity index is 1.31. The van der Waals surface area contributed by atoms with E-state index in [0.717, 1.165) is 42.6 Å². The molecule has 2 heterocycles. The lowest BCUT2D eigenvalue weighted by Crippen LogP contribution is -2.55. The van der Waals surface area contributed by atoms with Crippen molar-refractivity contribution in [2.24, 2.45) is 0 Å². The number of likely N-dealkylation sites (tertiary alicyclic amines) is 1. The van der Waals surface area contributed by atoms with E-state index in [1.54, 1.807) is 21.6 Å². The molecule has 5 rings (SSSR count). The molecule has 2 fully saturated rings. The number of nitrogens with one attached hydrogen (secondary N) is 1. The molecule has 2 aliphatic heterocycles. The zero-order valence-electron chi connectivity index (χ0n) is 27.5. The molecule has 2 aromatic carbocycles. The third-order valence-electron chi connectivity index (χ3n) is 8.65. The molecule has 4 amide bonds. The SMILES string of the molecule is CC(C)N(C(=O)c1ccc2c(c1)N(CCNC(=O)OCc1ccccc1)C(=O)C1(CCC1)S2)[C@@H]1CCCN(C(=O)OC(C)(C)C)C1. The van der Waals surface area contributed by atoms with Gasteiger partial charge in [-0.25, -0.2) is 9.59 Å². The van der Waals surface area contributed by atoms with Crippen LogP contribution in [-0.4, -0.2) is 82.4 Å². The topological polar surface area (TPSA) is 108 Å². The van der Waals surface area contributed by atoms with E-state index in [4.69, 9.17) is 9.47 Å². The number of benzene rings is 2. The summed E-state index contributed by atoms with van der Waals surface area (Å²) in [5.74, 6) is -0.126. The Kier molecular flexibility index (Phi) is 10.2. The van der Waals surface area contributed by atoms with Crippen LogP contribution in [0.15, 0.2) is 53.4 Å². The van der Waals surface area contributed by atoms with E-state index in [0.29, 0.717) is 24.3 Å². The number of thioether (sulfide) groups is 1. The number of hydrogen-bond donors (Lipinski definition) is 1. The number of fused-ring (bicyclic) bond motifs is 1. The molecule has 10 nitrogen and oxygen atoms in total. The van der Waals surface area contributed by atoms with Crippen LogP contribution in [0.1, 0.15) is 82.6 Å². The summed E-state index contributed by atoms with van der Waals surface area (Å²) < 4.78 is 10.5. The van der Waals surface area contributed by atoms with Crippen molar-refractivity contribution >= 4 is 41.5 Å². The van der Waals surface area contributed by atoms with Crippen molar-refractivity contribution in [2.75, 3.05) is 31.1 Å². The Labute approximate surface area is 276 Å². The van der Waals surface area contributed by atoms with Gasteiger partial charge in [-0.2, -0.15) is 0 Å². The van der Waals surface area contributed by atoms with E-state index >= 15 is 0 Å². The predicted molar refractivity (Wildman–Crippen MR) is 178 cm³/mol. The quantitative estimate of drug-likeness (QED) is 0.361. The van der Waals surface area contributed by atoms with Gasteiger partial charge in [-0.1, -0.05) is 30.3 Å². The fourth-order valence-electron chi connectivity index (χ4n) is 6.28. The molecule has 1 N–H and O–H groups in total. The minimum atomic E-state index is -0.599. The highest BCUT2D eigenvalue weighted by atomic mass is 32.2. The van der Waals surface area contributed by atoms with E-state index in [-0.39, 0.29) is 49.7 Å². The summed E-state index contributed by atoms with van der Waals surface area (Å²) in [6, 6.07) is 14.8. The average Bonchev–Trinajstić information content (AvgIpc) is 2.99. The third-order valence-corrected chi connectivity index (χ3v) is 10.2. The average molecular weight is 651 g/mol. The highest BCUT2D eigenvalue weighted by Crippen LogP contribution is 2.54. The van der Waals surface area contributed by atoms with Crippen LogP contribution in [-0.2, 0) is 20.9 Å². The van der Waals surface area contributed by atoms with Gasteiger partial charge in [0.1, 0.15) is 12.2 Å². The smallest absolute Gasteiger partial charge is 0.410 e.